The van der Waals surface area contributed by atoms with Crippen LogP contribution in [0.2, 0.25) is 0 Å². The molecule has 0 bridgehead atoms. The lowest BCUT2D eigenvalue weighted by Gasteiger charge is -2.08. The Morgan fingerprint density at radius 3 is 2.76 bits per heavy atom. The first-order valence-corrected chi connectivity index (χ1v) is 6.21. The number of fused-ring (bicyclic) bond motifs is 1. The molecule has 0 atom stereocenters. The predicted octanol–water partition coefficient (Wildman–Crippen LogP) is 1.81. The Kier molecular flexibility index (Phi) is 3.02. The van der Waals surface area contributed by atoms with Crippen molar-refractivity contribution in [1.29, 1.82) is 0 Å². The van der Waals surface area contributed by atoms with Crippen LogP contribution in [0.25, 0.3) is 17.0 Å². The Bertz CT molecular complexity index is 841. The molecule has 21 heavy (non-hydrogen) atoms. The number of aromatic carboxylic acids is 1. The van der Waals surface area contributed by atoms with E-state index in [9.17, 15) is 9.90 Å². The van der Waals surface area contributed by atoms with Crippen molar-refractivity contribution in [3.05, 3.63) is 41.9 Å². The number of hydrogen-bond donors (Lipinski definition) is 1. The minimum Gasteiger partial charge on any atom is -0.496 e. The fourth-order valence-corrected chi connectivity index (χ4v) is 2.12. The molecular formula is C14H12N4O3. The van der Waals surface area contributed by atoms with Crippen LogP contribution in [0, 0.1) is 6.92 Å². The molecule has 0 saturated heterocycles. The molecule has 3 aromatic rings. The summed E-state index contributed by atoms with van der Waals surface area (Å²) in [4.78, 5) is 19.9. The van der Waals surface area contributed by atoms with E-state index in [1.807, 2.05) is 18.2 Å². The average molecular weight is 284 g/mol. The summed E-state index contributed by atoms with van der Waals surface area (Å²) >= 11 is 0. The number of carboxylic acid groups (broad SMARTS) is 1. The smallest absolute Gasteiger partial charge is 0.354 e. The zero-order chi connectivity index (χ0) is 15.0. The van der Waals surface area contributed by atoms with Crippen molar-refractivity contribution in [2.24, 2.45) is 0 Å². The SMILES string of the molecule is COc1ccccc1-c1cc(C(=O)O)n2nc(C)nc2n1. The molecule has 2 heterocycles. The third-order valence-corrected chi connectivity index (χ3v) is 3.02. The van der Waals surface area contributed by atoms with E-state index in [2.05, 4.69) is 15.1 Å². The lowest BCUT2D eigenvalue weighted by molar-refractivity contribution is 0.0687. The number of aryl methyl sites for hydroxylation is 1. The van der Waals surface area contributed by atoms with Crippen molar-refractivity contribution in [2.45, 2.75) is 6.92 Å². The van der Waals surface area contributed by atoms with Crippen molar-refractivity contribution in [1.82, 2.24) is 19.6 Å². The minimum atomic E-state index is -1.09. The number of ether oxygens (including phenoxy) is 1. The number of carboxylic acids is 1. The minimum absolute atomic E-state index is 0.00139. The molecule has 7 nitrogen and oxygen atoms in total. The molecule has 0 unspecified atom stereocenters. The van der Waals surface area contributed by atoms with Crippen LogP contribution >= 0.6 is 0 Å². The summed E-state index contributed by atoms with van der Waals surface area (Å²) in [6.45, 7) is 1.68. The molecule has 1 aromatic carbocycles. The quantitative estimate of drug-likeness (QED) is 0.788. The number of rotatable bonds is 3. The van der Waals surface area contributed by atoms with Gasteiger partial charge < -0.3 is 9.84 Å². The summed E-state index contributed by atoms with van der Waals surface area (Å²) in [7, 11) is 1.55. The van der Waals surface area contributed by atoms with Gasteiger partial charge in [-0.05, 0) is 25.1 Å². The Hall–Kier alpha value is -2.96. The monoisotopic (exact) mass is 284 g/mol. The number of hydrogen-bond acceptors (Lipinski definition) is 5. The maximum absolute atomic E-state index is 11.4. The van der Waals surface area contributed by atoms with Crippen molar-refractivity contribution in [2.75, 3.05) is 7.11 Å². The molecule has 0 saturated carbocycles. The van der Waals surface area contributed by atoms with E-state index in [0.29, 0.717) is 22.8 Å². The van der Waals surface area contributed by atoms with Crippen LogP contribution in [-0.2, 0) is 0 Å². The van der Waals surface area contributed by atoms with E-state index in [1.165, 1.54) is 10.6 Å². The normalized spacial score (nSPS) is 10.8. The van der Waals surface area contributed by atoms with Crippen LogP contribution in [0.15, 0.2) is 30.3 Å². The Morgan fingerprint density at radius 1 is 1.29 bits per heavy atom. The summed E-state index contributed by atoms with van der Waals surface area (Å²) in [6.07, 6.45) is 0. The number of carbonyl (C=O) groups is 1. The average Bonchev–Trinajstić information content (AvgIpc) is 2.85. The highest BCUT2D eigenvalue weighted by molar-refractivity contribution is 5.88. The van der Waals surface area contributed by atoms with Crippen LogP contribution in [0.1, 0.15) is 16.3 Å². The molecule has 0 aliphatic rings. The second-order valence-electron chi connectivity index (χ2n) is 4.40. The lowest BCUT2D eigenvalue weighted by atomic mass is 10.1. The van der Waals surface area contributed by atoms with Gasteiger partial charge in [0.2, 0.25) is 0 Å². The number of para-hydroxylation sites is 1. The molecular weight excluding hydrogens is 272 g/mol. The first kappa shape index (κ1) is 13.0. The van der Waals surface area contributed by atoms with Gasteiger partial charge in [0.25, 0.3) is 5.78 Å². The molecule has 1 N–H and O–H groups in total. The van der Waals surface area contributed by atoms with Gasteiger partial charge in [0.15, 0.2) is 5.69 Å². The van der Waals surface area contributed by atoms with Crippen LogP contribution in [-0.4, -0.2) is 37.8 Å². The van der Waals surface area contributed by atoms with Gasteiger partial charge in [0.1, 0.15) is 11.6 Å². The molecule has 2 aromatic heterocycles. The number of aromatic nitrogens is 4. The van der Waals surface area contributed by atoms with E-state index < -0.39 is 5.97 Å². The molecule has 0 aliphatic carbocycles. The topological polar surface area (TPSA) is 89.6 Å². The van der Waals surface area contributed by atoms with Crippen LogP contribution in [0.5, 0.6) is 5.75 Å². The van der Waals surface area contributed by atoms with Gasteiger partial charge in [-0.1, -0.05) is 12.1 Å². The summed E-state index contributed by atoms with van der Waals surface area (Å²) in [6, 6.07) is 8.73. The number of methoxy groups -OCH3 is 1. The van der Waals surface area contributed by atoms with E-state index in [4.69, 9.17) is 4.74 Å². The molecule has 0 amide bonds. The summed E-state index contributed by atoms with van der Waals surface area (Å²) in [5.74, 6) is 0.223. The van der Waals surface area contributed by atoms with Crippen LogP contribution in [0.4, 0.5) is 0 Å². The van der Waals surface area contributed by atoms with Crippen molar-refractivity contribution in [3.63, 3.8) is 0 Å². The standard InChI is InChI=1S/C14H12N4O3/c1-8-15-14-16-10(7-11(13(19)20)18(14)17-8)9-5-3-4-6-12(9)21-2/h3-7H,1-2H3,(H,19,20). The fraction of sp³-hybridized carbons (Fsp3) is 0.143. The van der Waals surface area contributed by atoms with Gasteiger partial charge in [-0.15, -0.1) is 5.10 Å². The van der Waals surface area contributed by atoms with Crippen molar-refractivity contribution >= 4 is 11.7 Å². The predicted molar refractivity (Wildman–Crippen MR) is 74.5 cm³/mol. The Labute approximate surface area is 119 Å². The molecule has 0 fully saturated rings. The van der Waals surface area contributed by atoms with Crippen molar-refractivity contribution < 1.29 is 14.6 Å². The van der Waals surface area contributed by atoms with Gasteiger partial charge in [-0.2, -0.15) is 9.50 Å². The van der Waals surface area contributed by atoms with E-state index in [-0.39, 0.29) is 11.5 Å². The third-order valence-electron chi connectivity index (χ3n) is 3.02. The second-order valence-corrected chi connectivity index (χ2v) is 4.40. The van der Waals surface area contributed by atoms with Gasteiger partial charge >= 0.3 is 5.97 Å². The molecule has 3 rings (SSSR count). The van der Waals surface area contributed by atoms with Gasteiger partial charge in [0, 0.05) is 5.56 Å². The second kappa shape index (κ2) is 4.86. The molecule has 0 spiro atoms. The highest BCUT2D eigenvalue weighted by atomic mass is 16.5. The Balaban J connectivity index is 2.31. The molecule has 106 valence electrons. The Morgan fingerprint density at radius 2 is 2.05 bits per heavy atom. The zero-order valence-corrected chi connectivity index (χ0v) is 11.4. The van der Waals surface area contributed by atoms with E-state index in [1.54, 1.807) is 20.1 Å². The number of nitrogens with zero attached hydrogens (tertiary/aromatic N) is 4. The van der Waals surface area contributed by atoms with Gasteiger partial charge in [-0.3, -0.25) is 0 Å². The van der Waals surface area contributed by atoms with Crippen LogP contribution < -0.4 is 4.74 Å². The highest BCUT2D eigenvalue weighted by Gasteiger charge is 2.17. The summed E-state index contributed by atoms with van der Waals surface area (Å²) in [5, 5.41) is 13.4. The number of benzene rings is 1. The summed E-state index contributed by atoms with van der Waals surface area (Å²) < 4.78 is 6.51. The largest absolute Gasteiger partial charge is 0.496 e. The summed E-state index contributed by atoms with van der Waals surface area (Å²) in [5.41, 5.74) is 1.18. The van der Waals surface area contributed by atoms with Gasteiger partial charge in [-0.25, -0.2) is 9.78 Å². The fourth-order valence-electron chi connectivity index (χ4n) is 2.12. The molecule has 0 aliphatic heterocycles. The van der Waals surface area contributed by atoms with Crippen molar-refractivity contribution in [3.8, 4) is 17.0 Å². The van der Waals surface area contributed by atoms with E-state index in [0.717, 1.165) is 0 Å². The third kappa shape index (κ3) is 2.18. The first-order chi connectivity index (χ1) is 10.1. The molecule has 0 radical (unpaired) electrons. The first-order valence-electron chi connectivity index (χ1n) is 6.21. The molecule has 7 heteroatoms. The maximum Gasteiger partial charge on any atom is 0.354 e. The maximum atomic E-state index is 11.4. The van der Waals surface area contributed by atoms with Crippen LogP contribution in [0.3, 0.4) is 0 Å². The zero-order valence-electron chi connectivity index (χ0n) is 11.4. The lowest BCUT2D eigenvalue weighted by Crippen LogP contribution is -2.08. The highest BCUT2D eigenvalue weighted by Crippen LogP contribution is 2.28. The van der Waals surface area contributed by atoms with E-state index >= 15 is 0 Å². The van der Waals surface area contributed by atoms with Gasteiger partial charge in [0.05, 0.1) is 12.8 Å².